The molecule has 185 valence electrons. The van der Waals surface area contributed by atoms with Crippen molar-refractivity contribution < 1.29 is 32.7 Å². The summed E-state index contributed by atoms with van der Waals surface area (Å²) in [5, 5.41) is 14.1. The van der Waals surface area contributed by atoms with Gasteiger partial charge in [0.25, 0.3) is 0 Å². The summed E-state index contributed by atoms with van der Waals surface area (Å²) in [6.45, 7) is 12.6. The molecule has 0 saturated heterocycles. The van der Waals surface area contributed by atoms with Gasteiger partial charge in [-0.15, -0.1) is 0 Å². The van der Waals surface area contributed by atoms with Crippen LogP contribution in [0.5, 0.6) is 0 Å². The van der Waals surface area contributed by atoms with Gasteiger partial charge < -0.3 is 15.6 Å². The number of benzene rings is 3. The van der Waals surface area contributed by atoms with Crippen molar-refractivity contribution in [1.29, 1.82) is 5.26 Å². The maximum atomic E-state index is 8.64. The van der Waals surface area contributed by atoms with Crippen molar-refractivity contribution in [3.05, 3.63) is 103 Å². The monoisotopic (exact) mass is 546 g/mol. The van der Waals surface area contributed by atoms with E-state index in [1.165, 1.54) is 22.3 Å². The maximum absolute atomic E-state index is 8.64. The molecule has 0 aromatic heterocycles. The number of hydrogen-bond donors (Lipinski definition) is 2. The molecule has 3 aromatic carbocycles. The molecule has 5 heteroatoms. The van der Waals surface area contributed by atoms with Gasteiger partial charge in [0.1, 0.15) is 0 Å². The number of nitrogens with zero attached hydrogens (tertiary/aromatic N) is 2. The Hall–Kier alpha value is -2.61. The van der Waals surface area contributed by atoms with Crippen LogP contribution in [0.1, 0.15) is 58.2 Å². The molecule has 0 atom stereocenters. The summed E-state index contributed by atoms with van der Waals surface area (Å²) in [5.74, 6) is 0.365. The molecular formula is C30H41N4Y-. The molecule has 0 fully saturated rings. The molecule has 0 aliphatic rings. The van der Waals surface area contributed by atoms with E-state index in [1.807, 2.05) is 53.8 Å². The Morgan fingerprint density at radius 2 is 1.31 bits per heavy atom. The molecule has 1 radical (unpaired) electrons. The summed E-state index contributed by atoms with van der Waals surface area (Å²) in [5.41, 5.74) is 6.34. The van der Waals surface area contributed by atoms with Crippen molar-refractivity contribution in [2.75, 3.05) is 0 Å². The minimum atomic E-state index is 0. The first-order valence-corrected chi connectivity index (χ1v) is 12.2. The standard InChI is InChI=1S/C24H23N4.3C2H6.Y/c1-26-24(28-18-25)27-17-20-13-11-19(12-14-20)15-16-22-9-5-6-10-23(22)21-7-3-2-4-8-21;3*1-2;/h2-14H,1,15-17H2,(H2,26,27,28);3*1-2H3;/q-1;;;;. The minimum absolute atomic E-state index is 0. The molecule has 0 bridgehead atoms. The summed E-state index contributed by atoms with van der Waals surface area (Å²) < 4.78 is 0. The van der Waals surface area contributed by atoms with E-state index in [0.29, 0.717) is 12.5 Å². The second kappa shape index (κ2) is 23.2. The van der Waals surface area contributed by atoms with E-state index in [4.69, 9.17) is 5.26 Å². The van der Waals surface area contributed by atoms with Crippen LogP contribution < -0.4 is 10.6 Å². The average Bonchev–Trinajstić information content (AvgIpc) is 2.94. The number of nitrogens with one attached hydrogen (secondary N) is 2. The summed E-state index contributed by atoms with van der Waals surface area (Å²) in [4.78, 5) is 3.73. The Morgan fingerprint density at radius 3 is 1.89 bits per heavy atom. The second-order valence-corrected chi connectivity index (χ2v) is 6.44. The molecule has 0 unspecified atom stereocenters. The van der Waals surface area contributed by atoms with E-state index >= 15 is 0 Å². The Bertz CT molecular complexity index is 962. The second-order valence-electron chi connectivity index (χ2n) is 6.44. The van der Waals surface area contributed by atoms with Gasteiger partial charge in [-0.05, 0) is 40.7 Å². The fourth-order valence-electron chi connectivity index (χ4n) is 3.12. The fourth-order valence-corrected chi connectivity index (χ4v) is 3.12. The first kappa shape index (κ1) is 34.6. The topological polar surface area (TPSA) is 60.2 Å². The van der Waals surface area contributed by atoms with Gasteiger partial charge in [-0.3, -0.25) is 0 Å². The molecule has 4 nitrogen and oxygen atoms in total. The molecule has 0 spiro atoms. The van der Waals surface area contributed by atoms with Crippen molar-refractivity contribution in [3.63, 3.8) is 0 Å². The van der Waals surface area contributed by atoms with E-state index in [1.54, 1.807) is 0 Å². The van der Waals surface area contributed by atoms with Crippen LogP contribution in [0.15, 0.2) is 83.9 Å². The van der Waals surface area contributed by atoms with Gasteiger partial charge in [-0.1, -0.05) is 120 Å². The van der Waals surface area contributed by atoms with E-state index in [9.17, 15) is 0 Å². The molecule has 0 aliphatic carbocycles. The van der Waals surface area contributed by atoms with Gasteiger partial charge in [0.05, 0.1) is 5.96 Å². The number of nitriles is 1. The van der Waals surface area contributed by atoms with Crippen LogP contribution in [0.4, 0.5) is 0 Å². The van der Waals surface area contributed by atoms with Crippen molar-refractivity contribution in [2.24, 2.45) is 4.99 Å². The summed E-state index contributed by atoms with van der Waals surface area (Å²) in [6, 6.07) is 27.6. The van der Waals surface area contributed by atoms with Gasteiger partial charge in [-0.2, -0.15) is 12.3 Å². The van der Waals surface area contributed by atoms with Gasteiger partial charge in [-0.25, -0.2) is 0 Å². The van der Waals surface area contributed by atoms with Crippen molar-refractivity contribution in [2.45, 2.75) is 60.9 Å². The van der Waals surface area contributed by atoms with Crippen LogP contribution in [0.3, 0.4) is 0 Å². The third-order valence-electron chi connectivity index (χ3n) is 4.60. The van der Waals surface area contributed by atoms with E-state index < -0.39 is 0 Å². The first-order chi connectivity index (χ1) is 16.8. The maximum Gasteiger partial charge on any atom is 0.166 e. The van der Waals surface area contributed by atoms with Crippen molar-refractivity contribution >= 4 is 5.96 Å². The molecule has 0 saturated carbocycles. The molecule has 35 heavy (non-hydrogen) atoms. The average molecular weight is 547 g/mol. The van der Waals surface area contributed by atoms with Gasteiger partial charge in [0.15, 0.2) is 6.19 Å². The zero-order chi connectivity index (χ0) is 25.6. The number of aryl methyl sites for hydroxylation is 2. The fraction of sp³-hybridized carbons (Fsp3) is 0.300. The van der Waals surface area contributed by atoms with E-state index in [2.05, 4.69) is 95.5 Å². The normalized spacial score (nSPS) is 9.23. The van der Waals surface area contributed by atoms with Crippen LogP contribution in [0, 0.1) is 18.5 Å². The summed E-state index contributed by atoms with van der Waals surface area (Å²) >= 11 is 0. The van der Waals surface area contributed by atoms with Crippen molar-refractivity contribution in [1.82, 2.24) is 10.6 Å². The van der Waals surface area contributed by atoms with Gasteiger partial charge in [0.2, 0.25) is 0 Å². The van der Waals surface area contributed by atoms with Gasteiger partial charge in [0, 0.05) is 39.3 Å². The Morgan fingerprint density at radius 1 is 0.771 bits per heavy atom. The number of guanidine groups is 1. The van der Waals surface area contributed by atoms with Crippen molar-refractivity contribution in [3.8, 4) is 17.3 Å². The summed E-state index contributed by atoms with van der Waals surface area (Å²) in [7, 11) is 3.42. The molecule has 2 N–H and O–H groups in total. The zero-order valence-corrected chi connectivity index (χ0v) is 25.1. The van der Waals surface area contributed by atoms with E-state index in [-0.39, 0.29) is 32.7 Å². The number of rotatable bonds is 6. The van der Waals surface area contributed by atoms with Crippen LogP contribution >= 0.6 is 0 Å². The third kappa shape index (κ3) is 13.2. The number of aliphatic imine (C=N–C) groups is 1. The quantitative estimate of drug-likeness (QED) is 0.111. The van der Waals surface area contributed by atoms with Crippen LogP contribution in [0.2, 0.25) is 0 Å². The van der Waals surface area contributed by atoms with Crippen LogP contribution in [0.25, 0.3) is 11.1 Å². The SMILES string of the molecule is CC.CC.CC.[CH2-]N=C(NC#N)NCc1ccc(CCc2ccccc2-c2ccccc2)cc1.[Y]. The molecule has 3 rings (SSSR count). The zero-order valence-electron chi connectivity index (χ0n) is 22.3. The molecular weight excluding hydrogens is 505 g/mol. The first-order valence-electron chi connectivity index (χ1n) is 12.2. The largest absolute Gasteiger partial charge is 0.429 e. The molecule has 0 amide bonds. The van der Waals surface area contributed by atoms with Crippen LogP contribution in [-0.2, 0) is 52.1 Å². The molecule has 0 aliphatic heterocycles. The minimum Gasteiger partial charge on any atom is -0.429 e. The molecule has 0 heterocycles. The predicted molar refractivity (Wildman–Crippen MR) is 148 cm³/mol. The molecule has 3 aromatic rings. The predicted octanol–water partition coefficient (Wildman–Crippen LogP) is 7.52. The van der Waals surface area contributed by atoms with E-state index in [0.717, 1.165) is 18.4 Å². The third-order valence-corrected chi connectivity index (χ3v) is 4.60. The van der Waals surface area contributed by atoms with Crippen LogP contribution in [-0.4, -0.2) is 5.96 Å². The smallest absolute Gasteiger partial charge is 0.166 e. The Balaban J connectivity index is 0. The Kier molecular flexibility index (Phi) is 22.9. The summed E-state index contributed by atoms with van der Waals surface area (Å²) in [6.07, 6.45) is 3.81. The Labute approximate surface area is 239 Å². The van der Waals surface area contributed by atoms with Gasteiger partial charge >= 0.3 is 0 Å². The number of hydrogen-bond acceptors (Lipinski definition) is 2.